The first kappa shape index (κ1) is 9.53. The van der Waals surface area contributed by atoms with Gasteiger partial charge in [0, 0.05) is 10.5 Å². The molecular formula is C12H20OS. The standard InChI is InChI=1S/C12H20OS/c13-12(6-9-4-5-9)7-10-2-1-3-11(8-12)14-10/h9-11,13H,1-8H2. The highest BCUT2D eigenvalue weighted by molar-refractivity contribution is 8.00. The molecule has 1 aliphatic carbocycles. The predicted molar refractivity (Wildman–Crippen MR) is 60.5 cm³/mol. The molecule has 14 heavy (non-hydrogen) atoms. The minimum absolute atomic E-state index is 0.262. The van der Waals surface area contributed by atoms with Crippen molar-refractivity contribution in [2.24, 2.45) is 5.92 Å². The minimum Gasteiger partial charge on any atom is -0.390 e. The second-order valence-electron chi connectivity index (χ2n) is 5.59. The molecule has 1 saturated carbocycles. The lowest BCUT2D eigenvalue weighted by atomic mass is 9.82. The van der Waals surface area contributed by atoms with Gasteiger partial charge < -0.3 is 5.11 Å². The van der Waals surface area contributed by atoms with Crippen molar-refractivity contribution in [3.63, 3.8) is 0 Å². The molecule has 1 nitrogen and oxygen atoms in total. The highest BCUT2D eigenvalue weighted by Crippen LogP contribution is 2.50. The first-order valence-electron chi connectivity index (χ1n) is 6.11. The summed E-state index contributed by atoms with van der Waals surface area (Å²) in [5.41, 5.74) is -0.262. The average Bonchev–Trinajstić information content (AvgIpc) is 2.86. The van der Waals surface area contributed by atoms with Crippen LogP contribution in [0.4, 0.5) is 0 Å². The van der Waals surface area contributed by atoms with Gasteiger partial charge in [-0.05, 0) is 38.0 Å². The van der Waals surface area contributed by atoms with Crippen molar-refractivity contribution in [3.05, 3.63) is 0 Å². The minimum atomic E-state index is -0.262. The van der Waals surface area contributed by atoms with Crippen LogP contribution in [0.15, 0.2) is 0 Å². The Hall–Kier alpha value is 0.310. The Morgan fingerprint density at radius 3 is 2.29 bits per heavy atom. The molecule has 0 aromatic heterocycles. The third-order valence-electron chi connectivity index (χ3n) is 4.02. The molecule has 2 heteroatoms. The smallest absolute Gasteiger partial charge is 0.0671 e. The normalized spacial score (nSPS) is 47.8. The summed E-state index contributed by atoms with van der Waals surface area (Å²) in [6.07, 6.45) is 10.2. The van der Waals surface area contributed by atoms with Crippen LogP contribution >= 0.6 is 11.8 Å². The Bertz CT molecular complexity index is 212. The van der Waals surface area contributed by atoms with Gasteiger partial charge in [-0.3, -0.25) is 0 Å². The van der Waals surface area contributed by atoms with E-state index in [4.69, 9.17) is 0 Å². The van der Waals surface area contributed by atoms with Crippen molar-refractivity contribution < 1.29 is 5.11 Å². The summed E-state index contributed by atoms with van der Waals surface area (Å²) < 4.78 is 0. The Morgan fingerprint density at radius 1 is 1.07 bits per heavy atom. The van der Waals surface area contributed by atoms with E-state index in [0.717, 1.165) is 35.7 Å². The zero-order valence-corrected chi connectivity index (χ0v) is 9.56. The van der Waals surface area contributed by atoms with Gasteiger partial charge in [0.05, 0.1) is 5.60 Å². The van der Waals surface area contributed by atoms with E-state index in [0.29, 0.717) is 0 Å². The lowest BCUT2D eigenvalue weighted by Crippen LogP contribution is -2.43. The third-order valence-corrected chi connectivity index (χ3v) is 5.59. The van der Waals surface area contributed by atoms with E-state index in [2.05, 4.69) is 11.8 Å². The summed E-state index contributed by atoms with van der Waals surface area (Å²) in [5.74, 6) is 0.879. The molecule has 1 N–H and O–H groups in total. The van der Waals surface area contributed by atoms with Gasteiger partial charge in [0.15, 0.2) is 0 Å². The van der Waals surface area contributed by atoms with E-state index in [-0.39, 0.29) is 5.60 Å². The summed E-state index contributed by atoms with van der Waals surface area (Å²) >= 11 is 2.16. The van der Waals surface area contributed by atoms with Crippen molar-refractivity contribution in [2.45, 2.75) is 67.5 Å². The molecule has 0 spiro atoms. The van der Waals surface area contributed by atoms with Crippen LogP contribution < -0.4 is 0 Å². The molecule has 0 radical (unpaired) electrons. The fourth-order valence-corrected chi connectivity index (χ4v) is 5.20. The first-order valence-corrected chi connectivity index (χ1v) is 7.06. The van der Waals surface area contributed by atoms with Crippen LogP contribution in [-0.2, 0) is 0 Å². The van der Waals surface area contributed by atoms with E-state index < -0.39 is 0 Å². The Balaban J connectivity index is 1.67. The van der Waals surface area contributed by atoms with E-state index in [9.17, 15) is 5.11 Å². The summed E-state index contributed by atoms with van der Waals surface area (Å²) in [5, 5.41) is 12.1. The topological polar surface area (TPSA) is 20.2 Å². The number of rotatable bonds is 2. The zero-order valence-electron chi connectivity index (χ0n) is 8.74. The molecule has 3 fully saturated rings. The van der Waals surface area contributed by atoms with Gasteiger partial charge in [0.2, 0.25) is 0 Å². The number of fused-ring (bicyclic) bond motifs is 2. The molecule has 2 atom stereocenters. The Labute approximate surface area is 90.7 Å². The Morgan fingerprint density at radius 2 is 1.71 bits per heavy atom. The summed E-state index contributed by atoms with van der Waals surface area (Å²) in [4.78, 5) is 0. The van der Waals surface area contributed by atoms with E-state index in [1.165, 1.54) is 32.1 Å². The predicted octanol–water partition coefficient (Wildman–Crippen LogP) is 2.97. The van der Waals surface area contributed by atoms with Gasteiger partial charge in [0.25, 0.3) is 0 Å². The first-order chi connectivity index (χ1) is 6.73. The molecule has 3 rings (SSSR count). The van der Waals surface area contributed by atoms with Crippen LogP contribution in [0.2, 0.25) is 0 Å². The molecule has 2 saturated heterocycles. The maximum Gasteiger partial charge on any atom is 0.0671 e. The molecule has 2 bridgehead atoms. The van der Waals surface area contributed by atoms with Crippen molar-refractivity contribution in [1.29, 1.82) is 0 Å². The molecule has 0 amide bonds. The van der Waals surface area contributed by atoms with E-state index in [1.807, 2.05) is 0 Å². The number of hydrogen-bond donors (Lipinski definition) is 1. The number of aliphatic hydroxyl groups is 1. The van der Waals surface area contributed by atoms with Crippen LogP contribution in [-0.4, -0.2) is 21.2 Å². The van der Waals surface area contributed by atoms with Gasteiger partial charge in [0.1, 0.15) is 0 Å². The monoisotopic (exact) mass is 212 g/mol. The molecule has 2 heterocycles. The van der Waals surface area contributed by atoms with Crippen LogP contribution in [0.1, 0.15) is 51.4 Å². The second-order valence-corrected chi connectivity index (χ2v) is 7.20. The molecule has 80 valence electrons. The van der Waals surface area contributed by atoms with Crippen molar-refractivity contribution in [1.82, 2.24) is 0 Å². The van der Waals surface area contributed by atoms with Gasteiger partial charge in [-0.1, -0.05) is 19.3 Å². The largest absolute Gasteiger partial charge is 0.390 e. The van der Waals surface area contributed by atoms with Crippen LogP contribution in [0, 0.1) is 5.92 Å². The summed E-state index contributed by atoms with van der Waals surface area (Å²) in [6, 6.07) is 0. The second kappa shape index (κ2) is 3.41. The highest BCUT2D eigenvalue weighted by atomic mass is 32.2. The van der Waals surface area contributed by atoms with Gasteiger partial charge in [-0.25, -0.2) is 0 Å². The molecule has 0 aromatic carbocycles. The molecule has 2 unspecified atom stereocenters. The lowest BCUT2D eigenvalue weighted by molar-refractivity contribution is -0.000333. The average molecular weight is 212 g/mol. The fraction of sp³-hybridized carbons (Fsp3) is 1.00. The van der Waals surface area contributed by atoms with Crippen LogP contribution in [0.5, 0.6) is 0 Å². The lowest BCUT2D eigenvalue weighted by Gasteiger charge is -2.44. The third kappa shape index (κ3) is 1.96. The van der Waals surface area contributed by atoms with Gasteiger partial charge in [-0.15, -0.1) is 0 Å². The fourth-order valence-electron chi connectivity index (χ4n) is 3.24. The maximum atomic E-state index is 10.6. The van der Waals surface area contributed by atoms with E-state index >= 15 is 0 Å². The molecule has 0 aromatic rings. The Kier molecular flexibility index (Phi) is 2.32. The maximum absolute atomic E-state index is 10.6. The van der Waals surface area contributed by atoms with Crippen LogP contribution in [0.25, 0.3) is 0 Å². The quantitative estimate of drug-likeness (QED) is 0.759. The van der Waals surface area contributed by atoms with Crippen molar-refractivity contribution in [3.8, 4) is 0 Å². The number of hydrogen-bond acceptors (Lipinski definition) is 2. The molecule has 2 aliphatic heterocycles. The van der Waals surface area contributed by atoms with Crippen LogP contribution in [0.3, 0.4) is 0 Å². The molecule has 3 aliphatic rings. The SMILES string of the molecule is OC1(CC2CC2)CC2CCCC(C1)S2. The highest BCUT2D eigenvalue weighted by Gasteiger charge is 2.43. The summed E-state index contributed by atoms with van der Waals surface area (Å²) in [6.45, 7) is 0. The van der Waals surface area contributed by atoms with Crippen molar-refractivity contribution in [2.75, 3.05) is 0 Å². The van der Waals surface area contributed by atoms with E-state index in [1.54, 1.807) is 0 Å². The van der Waals surface area contributed by atoms with Gasteiger partial charge >= 0.3 is 0 Å². The molecular weight excluding hydrogens is 192 g/mol. The van der Waals surface area contributed by atoms with Crippen molar-refractivity contribution >= 4 is 11.8 Å². The summed E-state index contributed by atoms with van der Waals surface area (Å²) in [7, 11) is 0. The zero-order chi connectivity index (χ0) is 9.60. The van der Waals surface area contributed by atoms with Gasteiger partial charge in [-0.2, -0.15) is 11.8 Å². The number of thioether (sulfide) groups is 1.